The van der Waals surface area contributed by atoms with E-state index in [4.69, 9.17) is 5.73 Å². The summed E-state index contributed by atoms with van der Waals surface area (Å²) < 4.78 is 26.3. The van der Waals surface area contributed by atoms with Crippen molar-refractivity contribution in [1.82, 2.24) is 9.29 Å². The van der Waals surface area contributed by atoms with Crippen LogP contribution in [0.4, 0.5) is 0 Å². The van der Waals surface area contributed by atoms with Crippen LogP contribution in [0.25, 0.3) is 0 Å². The Hall–Kier alpha value is -1.47. The maximum absolute atomic E-state index is 12.5. The Morgan fingerprint density at radius 2 is 2.21 bits per heavy atom. The Bertz CT molecular complexity index is 559. The Morgan fingerprint density at radius 1 is 1.47 bits per heavy atom. The molecule has 1 aliphatic rings. The molecule has 7 heteroatoms. The molecule has 0 radical (unpaired) electrons. The number of carbonyl (C=O) groups excluding carboxylic acids is 1. The summed E-state index contributed by atoms with van der Waals surface area (Å²) in [6, 6.07) is 2.94. The first kappa shape index (κ1) is 14.0. The molecule has 0 aromatic carbocycles. The molecule has 1 amide bonds. The van der Waals surface area contributed by atoms with E-state index in [1.165, 1.54) is 22.8 Å². The summed E-state index contributed by atoms with van der Waals surface area (Å²) in [5, 5.41) is 0. The highest BCUT2D eigenvalue weighted by atomic mass is 32.2. The minimum atomic E-state index is -3.61. The average Bonchev–Trinajstić information content (AvgIpc) is 2.39. The lowest BCUT2D eigenvalue weighted by molar-refractivity contribution is -0.123. The van der Waals surface area contributed by atoms with Crippen molar-refractivity contribution in [3.8, 4) is 0 Å². The number of nitrogens with two attached hydrogens (primary N) is 1. The number of sulfonamides is 1. The standard InChI is InChI=1S/C12H17N3O3S/c1-9-4-5-10(12(13)16)8-15(9)19(17,18)11-3-2-6-14-7-11/h2-3,6-7,9-10H,4-5,8H2,1H3,(H2,13,16)/t9-,10-/m0/s1. The molecule has 0 aliphatic carbocycles. The van der Waals surface area contributed by atoms with Crippen LogP contribution in [0.15, 0.2) is 29.4 Å². The molecule has 2 heterocycles. The first-order valence-corrected chi connectivity index (χ1v) is 7.58. The Balaban J connectivity index is 2.31. The normalized spacial score (nSPS) is 25.1. The maximum atomic E-state index is 12.5. The van der Waals surface area contributed by atoms with Gasteiger partial charge in [0.15, 0.2) is 0 Å². The van der Waals surface area contributed by atoms with Crippen LogP contribution in [0, 0.1) is 5.92 Å². The lowest BCUT2D eigenvalue weighted by Crippen LogP contribution is -2.48. The molecule has 1 saturated heterocycles. The molecule has 0 saturated carbocycles. The molecule has 6 nitrogen and oxygen atoms in total. The van der Waals surface area contributed by atoms with Crippen LogP contribution < -0.4 is 5.73 Å². The molecule has 2 N–H and O–H groups in total. The lowest BCUT2D eigenvalue weighted by Gasteiger charge is -2.35. The Morgan fingerprint density at radius 3 is 2.79 bits per heavy atom. The van der Waals surface area contributed by atoms with E-state index in [0.29, 0.717) is 12.8 Å². The number of hydrogen-bond acceptors (Lipinski definition) is 4. The van der Waals surface area contributed by atoms with Crippen molar-refractivity contribution in [1.29, 1.82) is 0 Å². The van der Waals surface area contributed by atoms with Crippen LogP contribution in [-0.4, -0.2) is 36.2 Å². The van der Waals surface area contributed by atoms with Gasteiger partial charge in [-0.15, -0.1) is 0 Å². The molecule has 104 valence electrons. The van der Waals surface area contributed by atoms with Crippen molar-refractivity contribution >= 4 is 15.9 Å². The first-order chi connectivity index (χ1) is 8.93. The molecule has 0 bridgehead atoms. The van der Waals surface area contributed by atoms with Gasteiger partial charge >= 0.3 is 0 Å². The summed E-state index contributed by atoms with van der Waals surface area (Å²) in [5.41, 5.74) is 5.28. The van der Waals surface area contributed by atoms with Crippen molar-refractivity contribution in [3.05, 3.63) is 24.5 Å². The van der Waals surface area contributed by atoms with Gasteiger partial charge in [0.05, 0.1) is 5.92 Å². The van der Waals surface area contributed by atoms with Gasteiger partial charge in [-0.2, -0.15) is 4.31 Å². The summed E-state index contributed by atoms with van der Waals surface area (Å²) in [6.45, 7) is 1.98. The molecule has 0 unspecified atom stereocenters. The topological polar surface area (TPSA) is 93.4 Å². The van der Waals surface area contributed by atoms with E-state index in [9.17, 15) is 13.2 Å². The van der Waals surface area contributed by atoms with Crippen LogP contribution in [0.1, 0.15) is 19.8 Å². The minimum Gasteiger partial charge on any atom is -0.369 e. The fourth-order valence-corrected chi connectivity index (χ4v) is 3.95. The molecule has 2 atom stereocenters. The summed E-state index contributed by atoms with van der Waals surface area (Å²) >= 11 is 0. The highest BCUT2D eigenvalue weighted by molar-refractivity contribution is 7.89. The Kier molecular flexibility index (Phi) is 3.86. The smallest absolute Gasteiger partial charge is 0.244 e. The van der Waals surface area contributed by atoms with E-state index in [2.05, 4.69) is 4.98 Å². The van der Waals surface area contributed by atoms with Gasteiger partial charge in [0, 0.05) is 25.0 Å². The van der Waals surface area contributed by atoms with Crippen molar-refractivity contribution in [2.75, 3.05) is 6.54 Å². The van der Waals surface area contributed by atoms with Crippen LogP contribution in [0.5, 0.6) is 0 Å². The van der Waals surface area contributed by atoms with Gasteiger partial charge in [-0.1, -0.05) is 0 Å². The first-order valence-electron chi connectivity index (χ1n) is 6.14. The molecule has 1 aromatic rings. The zero-order chi connectivity index (χ0) is 14.0. The van der Waals surface area contributed by atoms with Crippen LogP contribution in [0.2, 0.25) is 0 Å². The SMILES string of the molecule is C[C@H]1CC[C@H](C(N)=O)CN1S(=O)(=O)c1cccnc1. The van der Waals surface area contributed by atoms with Crippen LogP contribution >= 0.6 is 0 Å². The summed E-state index contributed by atoms with van der Waals surface area (Å²) in [4.78, 5) is 15.2. The number of pyridine rings is 1. The summed E-state index contributed by atoms with van der Waals surface area (Å²) in [6.07, 6.45) is 4.10. The molecular formula is C12H17N3O3S. The van der Waals surface area contributed by atoms with Gasteiger partial charge in [0.1, 0.15) is 4.90 Å². The maximum Gasteiger partial charge on any atom is 0.244 e. The molecule has 1 fully saturated rings. The fourth-order valence-electron chi connectivity index (χ4n) is 2.28. The van der Waals surface area contributed by atoms with Crippen molar-refractivity contribution in [3.63, 3.8) is 0 Å². The van der Waals surface area contributed by atoms with Gasteiger partial charge < -0.3 is 5.73 Å². The predicted octanol–water partition coefficient (Wildman–Crippen LogP) is 0.356. The molecule has 1 aliphatic heterocycles. The third-order valence-corrected chi connectivity index (χ3v) is 5.43. The molecule has 0 spiro atoms. The zero-order valence-corrected chi connectivity index (χ0v) is 11.5. The predicted molar refractivity (Wildman–Crippen MR) is 69.5 cm³/mol. The fraction of sp³-hybridized carbons (Fsp3) is 0.500. The van der Waals surface area contributed by atoms with Crippen molar-refractivity contribution in [2.45, 2.75) is 30.7 Å². The van der Waals surface area contributed by atoms with Gasteiger partial charge in [-0.3, -0.25) is 9.78 Å². The number of hydrogen-bond donors (Lipinski definition) is 1. The largest absolute Gasteiger partial charge is 0.369 e. The second kappa shape index (κ2) is 5.26. The third-order valence-electron chi connectivity index (χ3n) is 3.47. The monoisotopic (exact) mass is 283 g/mol. The second-order valence-corrected chi connectivity index (χ2v) is 6.68. The molecule has 2 rings (SSSR count). The molecular weight excluding hydrogens is 266 g/mol. The highest BCUT2D eigenvalue weighted by Gasteiger charge is 2.36. The number of rotatable bonds is 3. The van der Waals surface area contributed by atoms with E-state index in [1.54, 1.807) is 6.07 Å². The van der Waals surface area contributed by atoms with E-state index < -0.39 is 21.8 Å². The van der Waals surface area contributed by atoms with E-state index in [-0.39, 0.29) is 17.5 Å². The molecule has 19 heavy (non-hydrogen) atoms. The lowest BCUT2D eigenvalue weighted by atomic mass is 9.95. The van der Waals surface area contributed by atoms with Crippen LogP contribution in [-0.2, 0) is 14.8 Å². The van der Waals surface area contributed by atoms with Gasteiger partial charge in [0.2, 0.25) is 15.9 Å². The van der Waals surface area contributed by atoms with Crippen molar-refractivity contribution < 1.29 is 13.2 Å². The van der Waals surface area contributed by atoms with Crippen LogP contribution in [0.3, 0.4) is 0 Å². The quantitative estimate of drug-likeness (QED) is 0.866. The summed E-state index contributed by atoms with van der Waals surface area (Å²) in [5.74, 6) is -0.860. The Labute approximate surface area is 112 Å². The highest BCUT2D eigenvalue weighted by Crippen LogP contribution is 2.27. The third kappa shape index (κ3) is 2.76. The average molecular weight is 283 g/mol. The second-order valence-electron chi connectivity index (χ2n) is 4.79. The van der Waals surface area contributed by atoms with Gasteiger partial charge in [-0.05, 0) is 31.9 Å². The number of amides is 1. The zero-order valence-electron chi connectivity index (χ0n) is 10.7. The van der Waals surface area contributed by atoms with Gasteiger partial charge in [0.25, 0.3) is 0 Å². The number of primary amides is 1. The number of nitrogens with zero attached hydrogens (tertiary/aromatic N) is 2. The minimum absolute atomic E-state index is 0.138. The number of aromatic nitrogens is 1. The van der Waals surface area contributed by atoms with E-state index in [0.717, 1.165) is 0 Å². The number of carbonyl (C=O) groups is 1. The van der Waals surface area contributed by atoms with Gasteiger partial charge in [-0.25, -0.2) is 8.42 Å². The van der Waals surface area contributed by atoms with E-state index >= 15 is 0 Å². The van der Waals surface area contributed by atoms with Crippen molar-refractivity contribution in [2.24, 2.45) is 11.7 Å². The van der Waals surface area contributed by atoms with E-state index in [1.807, 2.05) is 6.92 Å². The molecule has 1 aromatic heterocycles. The number of piperidine rings is 1. The summed E-state index contributed by atoms with van der Waals surface area (Å²) in [7, 11) is -3.61.